The predicted octanol–water partition coefficient (Wildman–Crippen LogP) is 14.5. The summed E-state index contributed by atoms with van der Waals surface area (Å²) in [6.45, 7) is 6.66. The number of ether oxygens (including phenoxy) is 1. The zero-order valence-corrected chi connectivity index (χ0v) is 30.0. The Balaban J connectivity index is 3.88. The van der Waals surface area contributed by atoms with E-state index in [4.69, 9.17) is 4.74 Å². The van der Waals surface area contributed by atoms with Gasteiger partial charge in [-0.2, -0.15) is 0 Å². The third-order valence-electron chi connectivity index (χ3n) is 8.49. The van der Waals surface area contributed by atoms with Gasteiger partial charge in [0.05, 0.1) is 0 Å². The first-order valence-corrected chi connectivity index (χ1v) is 19.5. The zero-order valence-electron chi connectivity index (χ0n) is 30.0. The number of carbonyl (C=O) groups is 1. The fourth-order valence-electron chi connectivity index (χ4n) is 5.55. The van der Waals surface area contributed by atoms with E-state index >= 15 is 0 Å². The lowest BCUT2D eigenvalue weighted by Crippen LogP contribution is -2.18. The molecule has 0 bridgehead atoms. The van der Waals surface area contributed by atoms with E-state index in [1.165, 1.54) is 141 Å². The van der Waals surface area contributed by atoms with Crippen molar-refractivity contribution >= 4 is 5.97 Å². The van der Waals surface area contributed by atoms with Gasteiger partial charge in [-0.15, -0.1) is 0 Å². The molecule has 0 aliphatic rings. The van der Waals surface area contributed by atoms with E-state index in [2.05, 4.69) is 69.4 Å². The number of rotatable bonds is 34. The highest BCUT2D eigenvalue weighted by Gasteiger charge is 2.14. The molecule has 0 heterocycles. The van der Waals surface area contributed by atoms with Gasteiger partial charge in [-0.05, 0) is 96.3 Å². The van der Waals surface area contributed by atoms with Crippen LogP contribution in [0.1, 0.15) is 207 Å². The van der Waals surface area contributed by atoms with Crippen molar-refractivity contribution in [1.82, 2.24) is 0 Å². The van der Waals surface area contributed by atoms with E-state index in [0.29, 0.717) is 6.42 Å². The van der Waals surface area contributed by atoms with E-state index in [-0.39, 0.29) is 12.1 Å². The van der Waals surface area contributed by atoms with E-state index in [9.17, 15) is 4.79 Å². The van der Waals surface area contributed by atoms with Gasteiger partial charge in [0.1, 0.15) is 6.10 Å². The molecule has 0 amide bonds. The lowest BCUT2D eigenvalue weighted by atomic mass is 10.0. The highest BCUT2D eigenvalue weighted by Crippen LogP contribution is 2.18. The molecule has 2 heteroatoms. The minimum absolute atomic E-state index is 0.0249. The lowest BCUT2D eigenvalue weighted by molar-refractivity contribution is -0.150. The highest BCUT2D eigenvalue weighted by atomic mass is 16.5. The van der Waals surface area contributed by atoms with Crippen molar-refractivity contribution in [1.29, 1.82) is 0 Å². The van der Waals surface area contributed by atoms with Crippen LogP contribution in [0.15, 0.2) is 48.6 Å². The molecule has 0 aromatic heterocycles. The molecule has 44 heavy (non-hydrogen) atoms. The van der Waals surface area contributed by atoms with Crippen molar-refractivity contribution < 1.29 is 9.53 Å². The van der Waals surface area contributed by atoms with Crippen LogP contribution in [0, 0.1) is 0 Å². The molecule has 0 spiro atoms. The third-order valence-corrected chi connectivity index (χ3v) is 8.49. The SMILES string of the molecule is CCCCC/C=C\C/C=C\CCCCCCCCC(CCCCCCCC/C=C\C/C=C\CCCCC)OC(=O)CCCC. The molecule has 0 aromatic carbocycles. The molecule has 2 nitrogen and oxygen atoms in total. The maximum absolute atomic E-state index is 12.3. The molecular weight excluding hydrogens is 536 g/mol. The number of carbonyl (C=O) groups excluding carboxylic acids is 1. The Kier molecular flexibility index (Phi) is 36.3. The van der Waals surface area contributed by atoms with Crippen LogP contribution in [0.5, 0.6) is 0 Å². The Labute approximate surface area is 276 Å². The third kappa shape index (κ3) is 34.9. The van der Waals surface area contributed by atoms with Gasteiger partial charge in [0.2, 0.25) is 0 Å². The zero-order chi connectivity index (χ0) is 32.0. The van der Waals surface area contributed by atoms with Crippen LogP contribution < -0.4 is 0 Å². The molecule has 0 radical (unpaired) electrons. The summed E-state index contributed by atoms with van der Waals surface area (Å²) in [5, 5.41) is 0. The average Bonchev–Trinajstić information content (AvgIpc) is 3.03. The molecule has 0 unspecified atom stereocenters. The van der Waals surface area contributed by atoms with E-state index in [1.54, 1.807) is 0 Å². The quantitative estimate of drug-likeness (QED) is 0.0410. The summed E-state index contributed by atoms with van der Waals surface area (Å²) in [6, 6.07) is 0. The van der Waals surface area contributed by atoms with Gasteiger partial charge in [0.15, 0.2) is 0 Å². The Morgan fingerprint density at radius 1 is 0.432 bits per heavy atom. The lowest BCUT2D eigenvalue weighted by Gasteiger charge is -2.18. The standard InChI is InChI=1S/C42H76O2/c1-4-7-10-12-14-16-18-20-22-24-26-28-30-32-34-36-38-41(44-42(43)40-9-6-3)39-37-35-33-31-29-27-25-23-21-19-17-15-13-11-8-5-2/h14-17,20-23,41H,4-13,18-19,24-40H2,1-3H3/b16-14-,17-15-,22-20-,23-21-. The molecule has 0 aliphatic carbocycles. The number of hydrogen-bond acceptors (Lipinski definition) is 2. The van der Waals surface area contributed by atoms with Crippen LogP contribution in [-0.4, -0.2) is 12.1 Å². The van der Waals surface area contributed by atoms with Crippen LogP contribution in [0.4, 0.5) is 0 Å². The first kappa shape index (κ1) is 42.4. The van der Waals surface area contributed by atoms with Crippen LogP contribution in [0.25, 0.3) is 0 Å². The van der Waals surface area contributed by atoms with Crippen LogP contribution in [-0.2, 0) is 9.53 Å². The number of unbranched alkanes of at least 4 members (excludes halogenated alkanes) is 19. The first-order chi connectivity index (χ1) is 21.7. The summed E-state index contributed by atoms with van der Waals surface area (Å²) in [5.74, 6) is 0.0249. The first-order valence-electron chi connectivity index (χ1n) is 19.5. The van der Waals surface area contributed by atoms with Gasteiger partial charge < -0.3 is 4.74 Å². The summed E-state index contributed by atoms with van der Waals surface area (Å²) in [7, 11) is 0. The van der Waals surface area contributed by atoms with Crippen molar-refractivity contribution in [3.8, 4) is 0 Å². The molecule has 0 saturated heterocycles. The predicted molar refractivity (Wildman–Crippen MR) is 197 cm³/mol. The van der Waals surface area contributed by atoms with Crippen molar-refractivity contribution in [2.75, 3.05) is 0 Å². The Morgan fingerprint density at radius 3 is 1.16 bits per heavy atom. The van der Waals surface area contributed by atoms with Gasteiger partial charge in [0.25, 0.3) is 0 Å². The summed E-state index contributed by atoms with van der Waals surface area (Å²) in [5.41, 5.74) is 0. The molecular formula is C42H76O2. The molecule has 0 fully saturated rings. The maximum Gasteiger partial charge on any atom is 0.306 e. The van der Waals surface area contributed by atoms with Crippen LogP contribution in [0.3, 0.4) is 0 Å². The summed E-state index contributed by atoms with van der Waals surface area (Å²) >= 11 is 0. The minimum Gasteiger partial charge on any atom is -0.462 e. The molecule has 0 aromatic rings. The normalized spacial score (nSPS) is 12.3. The summed E-state index contributed by atoms with van der Waals surface area (Å²) in [6.07, 6.45) is 54.1. The largest absolute Gasteiger partial charge is 0.462 e. The van der Waals surface area contributed by atoms with Crippen LogP contribution >= 0.6 is 0 Å². The highest BCUT2D eigenvalue weighted by molar-refractivity contribution is 5.69. The van der Waals surface area contributed by atoms with Gasteiger partial charge in [-0.1, -0.05) is 153 Å². The number of hydrogen-bond donors (Lipinski definition) is 0. The van der Waals surface area contributed by atoms with Gasteiger partial charge >= 0.3 is 5.97 Å². The minimum atomic E-state index is 0.0249. The van der Waals surface area contributed by atoms with E-state index in [0.717, 1.165) is 38.5 Å². The fourth-order valence-corrected chi connectivity index (χ4v) is 5.55. The second-order valence-corrected chi connectivity index (χ2v) is 13.0. The molecule has 0 aliphatic heterocycles. The van der Waals surface area contributed by atoms with Gasteiger partial charge in [-0.25, -0.2) is 0 Å². The Bertz CT molecular complexity index is 638. The Hall–Kier alpha value is -1.57. The second-order valence-electron chi connectivity index (χ2n) is 13.0. The van der Waals surface area contributed by atoms with Crippen LogP contribution in [0.2, 0.25) is 0 Å². The summed E-state index contributed by atoms with van der Waals surface area (Å²) < 4.78 is 5.94. The fraction of sp³-hybridized carbons (Fsp3) is 0.786. The van der Waals surface area contributed by atoms with Crippen molar-refractivity contribution in [3.63, 3.8) is 0 Å². The average molecular weight is 613 g/mol. The smallest absolute Gasteiger partial charge is 0.306 e. The molecule has 256 valence electrons. The number of esters is 1. The summed E-state index contributed by atoms with van der Waals surface area (Å²) in [4.78, 5) is 12.3. The topological polar surface area (TPSA) is 26.3 Å². The second kappa shape index (κ2) is 37.6. The maximum atomic E-state index is 12.3. The monoisotopic (exact) mass is 613 g/mol. The van der Waals surface area contributed by atoms with E-state index in [1.807, 2.05) is 0 Å². The van der Waals surface area contributed by atoms with Gasteiger partial charge in [0, 0.05) is 6.42 Å². The van der Waals surface area contributed by atoms with Crippen molar-refractivity contribution in [2.45, 2.75) is 213 Å². The molecule has 0 N–H and O–H groups in total. The van der Waals surface area contributed by atoms with Crippen molar-refractivity contribution in [3.05, 3.63) is 48.6 Å². The van der Waals surface area contributed by atoms with Gasteiger partial charge in [-0.3, -0.25) is 4.79 Å². The molecule has 0 rings (SSSR count). The van der Waals surface area contributed by atoms with Crippen molar-refractivity contribution in [2.24, 2.45) is 0 Å². The molecule has 0 atom stereocenters. The Morgan fingerprint density at radius 2 is 0.773 bits per heavy atom. The van der Waals surface area contributed by atoms with E-state index < -0.39 is 0 Å². The number of allylic oxidation sites excluding steroid dienone is 8. The molecule has 0 saturated carbocycles.